The highest BCUT2D eigenvalue weighted by atomic mass is 16.5. The van der Waals surface area contributed by atoms with Gasteiger partial charge in [0.05, 0.1) is 6.61 Å². The molecule has 19 heavy (non-hydrogen) atoms. The normalized spacial score (nSPS) is 31.3. The van der Waals surface area contributed by atoms with Crippen molar-refractivity contribution in [1.82, 2.24) is 10.2 Å². The quantitative estimate of drug-likeness (QED) is 0.693. The van der Waals surface area contributed by atoms with Crippen molar-refractivity contribution in [2.75, 3.05) is 32.8 Å². The van der Waals surface area contributed by atoms with Crippen molar-refractivity contribution < 1.29 is 4.74 Å². The fraction of sp³-hybridized carbons (Fsp3) is 1.00. The van der Waals surface area contributed by atoms with Gasteiger partial charge in [0, 0.05) is 37.2 Å². The summed E-state index contributed by atoms with van der Waals surface area (Å²) in [6, 6.07) is 1.72. The molecule has 0 bridgehead atoms. The molecule has 0 aromatic rings. The van der Waals surface area contributed by atoms with E-state index in [-0.39, 0.29) is 0 Å². The Morgan fingerprint density at radius 2 is 2.11 bits per heavy atom. The van der Waals surface area contributed by atoms with Crippen LogP contribution in [0.3, 0.4) is 0 Å². The van der Waals surface area contributed by atoms with Crippen molar-refractivity contribution in [1.29, 1.82) is 0 Å². The van der Waals surface area contributed by atoms with Gasteiger partial charge in [-0.3, -0.25) is 4.90 Å². The van der Waals surface area contributed by atoms with Gasteiger partial charge in [-0.1, -0.05) is 13.3 Å². The van der Waals surface area contributed by atoms with E-state index in [9.17, 15) is 0 Å². The maximum atomic E-state index is 5.75. The lowest BCUT2D eigenvalue weighted by atomic mass is 9.86. The molecule has 2 saturated carbocycles. The lowest BCUT2D eigenvalue weighted by Gasteiger charge is -2.35. The average molecular weight is 266 g/mol. The van der Waals surface area contributed by atoms with Gasteiger partial charge in [0.1, 0.15) is 0 Å². The molecule has 0 amide bonds. The molecule has 3 nitrogen and oxygen atoms in total. The van der Waals surface area contributed by atoms with E-state index >= 15 is 0 Å². The summed E-state index contributed by atoms with van der Waals surface area (Å²) in [5.74, 6) is 0. The molecule has 3 rings (SSSR count). The molecule has 0 radical (unpaired) electrons. The highest BCUT2D eigenvalue weighted by Gasteiger charge is 2.40. The summed E-state index contributed by atoms with van der Waals surface area (Å²) in [4.78, 5) is 2.77. The van der Waals surface area contributed by atoms with E-state index < -0.39 is 0 Å². The zero-order chi connectivity index (χ0) is 13.1. The Morgan fingerprint density at radius 3 is 2.68 bits per heavy atom. The van der Waals surface area contributed by atoms with Crippen LogP contribution in [-0.2, 0) is 4.74 Å². The third-order valence-corrected chi connectivity index (χ3v) is 4.93. The zero-order valence-corrected chi connectivity index (χ0v) is 12.5. The minimum Gasteiger partial charge on any atom is -0.381 e. The summed E-state index contributed by atoms with van der Waals surface area (Å²) in [7, 11) is 0. The molecular formula is C16H30N2O. The van der Waals surface area contributed by atoms with Crippen LogP contribution in [0.2, 0.25) is 0 Å². The van der Waals surface area contributed by atoms with Crippen molar-refractivity contribution in [3.05, 3.63) is 0 Å². The molecule has 1 atom stereocenters. The molecule has 0 aromatic heterocycles. The standard InChI is InChI=1S/C16H30N2O/c1-2-3-9-18(15-6-7-15)12-16(8-10-19-13-16)11-17-14-4-5-14/h14-15,17H,2-13H2,1H3. The van der Waals surface area contributed by atoms with Crippen molar-refractivity contribution in [3.63, 3.8) is 0 Å². The summed E-state index contributed by atoms with van der Waals surface area (Å²) < 4.78 is 5.75. The first kappa shape index (κ1) is 13.8. The summed E-state index contributed by atoms with van der Waals surface area (Å²) in [5, 5.41) is 3.75. The van der Waals surface area contributed by atoms with Crippen LogP contribution >= 0.6 is 0 Å². The highest BCUT2D eigenvalue weighted by molar-refractivity contribution is 4.95. The van der Waals surface area contributed by atoms with Crippen LogP contribution in [0.5, 0.6) is 0 Å². The van der Waals surface area contributed by atoms with E-state index in [0.29, 0.717) is 5.41 Å². The molecule has 3 fully saturated rings. The lowest BCUT2D eigenvalue weighted by molar-refractivity contribution is 0.103. The van der Waals surface area contributed by atoms with E-state index in [4.69, 9.17) is 4.74 Å². The molecule has 0 aromatic carbocycles. The van der Waals surface area contributed by atoms with Crippen LogP contribution in [0.1, 0.15) is 51.9 Å². The first-order chi connectivity index (χ1) is 9.31. The van der Waals surface area contributed by atoms with E-state index in [0.717, 1.165) is 25.3 Å². The predicted molar refractivity (Wildman–Crippen MR) is 78.4 cm³/mol. The van der Waals surface area contributed by atoms with Crippen molar-refractivity contribution >= 4 is 0 Å². The van der Waals surface area contributed by atoms with Crippen LogP contribution < -0.4 is 5.32 Å². The molecule has 1 aliphatic heterocycles. The fourth-order valence-electron chi connectivity index (χ4n) is 3.24. The SMILES string of the molecule is CCCCN(CC1(CNC2CC2)CCOC1)C1CC1. The largest absolute Gasteiger partial charge is 0.381 e. The second-order valence-corrected chi connectivity index (χ2v) is 7.01. The monoisotopic (exact) mass is 266 g/mol. The third-order valence-electron chi connectivity index (χ3n) is 4.93. The second-order valence-electron chi connectivity index (χ2n) is 7.01. The van der Waals surface area contributed by atoms with Crippen LogP contribution in [0, 0.1) is 5.41 Å². The van der Waals surface area contributed by atoms with Gasteiger partial charge in [0.25, 0.3) is 0 Å². The number of ether oxygens (including phenoxy) is 1. The molecule has 1 N–H and O–H groups in total. The Hall–Kier alpha value is -0.120. The van der Waals surface area contributed by atoms with Gasteiger partial charge in [-0.05, 0) is 45.1 Å². The smallest absolute Gasteiger partial charge is 0.0547 e. The van der Waals surface area contributed by atoms with Crippen molar-refractivity contribution in [3.8, 4) is 0 Å². The summed E-state index contributed by atoms with van der Waals surface area (Å²) in [6.07, 6.45) is 9.55. The van der Waals surface area contributed by atoms with Crippen LogP contribution in [0.25, 0.3) is 0 Å². The average Bonchev–Trinajstić information content (AvgIpc) is 3.33. The Balaban J connectivity index is 1.54. The van der Waals surface area contributed by atoms with Crippen LogP contribution in [0.4, 0.5) is 0 Å². The summed E-state index contributed by atoms with van der Waals surface area (Å²) in [5.41, 5.74) is 0.402. The molecular weight excluding hydrogens is 236 g/mol. The van der Waals surface area contributed by atoms with Gasteiger partial charge in [-0.25, -0.2) is 0 Å². The fourth-order valence-corrected chi connectivity index (χ4v) is 3.24. The number of unbranched alkanes of at least 4 members (excludes halogenated alkanes) is 1. The zero-order valence-electron chi connectivity index (χ0n) is 12.5. The predicted octanol–water partition coefficient (Wildman–Crippen LogP) is 2.41. The Bertz CT molecular complexity index is 280. The van der Waals surface area contributed by atoms with Gasteiger partial charge in [0.15, 0.2) is 0 Å². The Labute approximate surface area is 118 Å². The van der Waals surface area contributed by atoms with E-state index in [2.05, 4.69) is 17.1 Å². The van der Waals surface area contributed by atoms with Gasteiger partial charge in [0.2, 0.25) is 0 Å². The lowest BCUT2D eigenvalue weighted by Crippen LogP contribution is -2.46. The molecule has 3 heteroatoms. The first-order valence-corrected chi connectivity index (χ1v) is 8.36. The third kappa shape index (κ3) is 3.93. The molecule has 3 aliphatic rings. The molecule has 1 saturated heterocycles. The second kappa shape index (κ2) is 6.11. The summed E-state index contributed by atoms with van der Waals surface area (Å²) in [6.45, 7) is 7.98. The molecule has 2 aliphatic carbocycles. The maximum absolute atomic E-state index is 5.75. The number of hydrogen-bond acceptors (Lipinski definition) is 3. The van der Waals surface area contributed by atoms with E-state index in [1.165, 1.54) is 64.6 Å². The minimum atomic E-state index is 0.402. The van der Waals surface area contributed by atoms with Gasteiger partial charge < -0.3 is 10.1 Å². The number of rotatable bonds is 9. The van der Waals surface area contributed by atoms with E-state index in [1.807, 2.05) is 0 Å². The molecule has 1 unspecified atom stereocenters. The van der Waals surface area contributed by atoms with Gasteiger partial charge in [-0.2, -0.15) is 0 Å². The number of hydrogen-bond donors (Lipinski definition) is 1. The molecule has 0 spiro atoms. The Morgan fingerprint density at radius 1 is 1.26 bits per heavy atom. The van der Waals surface area contributed by atoms with Crippen LogP contribution in [-0.4, -0.2) is 49.8 Å². The highest BCUT2D eigenvalue weighted by Crippen LogP contribution is 2.35. The Kier molecular flexibility index (Phi) is 4.45. The minimum absolute atomic E-state index is 0.402. The maximum Gasteiger partial charge on any atom is 0.0547 e. The first-order valence-electron chi connectivity index (χ1n) is 8.36. The van der Waals surface area contributed by atoms with Crippen molar-refractivity contribution in [2.24, 2.45) is 5.41 Å². The van der Waals surface area contributed by atoms with E-state index in [1.54, 1.807) is 0 Å². The van der Waals surface area contributed by atoms with Gasteiger partial charge >= 0.3 is 0 Å². The summed E-state index contributed by atoms with van der Waals surface area (Å²) >= 11 is 0. The van der Waals surface area contributed by atoms with Gasteiger partial charge in [-0.15, -0.1) is 0 Å². The number of nitrogens with zero attached hydrogens (tertiary/aromatic N) is 1. The number of nitrogens with one attached hydrogen (secondary N) is 1. The van der Waals surface area contributed by atoms with Crippen LogP contribution in [0.15, 0.2) is 0 Å². The molecule has 110 valence electrons. The molecule has 1 heterocycles. The topological polar surface area (TPSA) is 24.5 Å². The van der Waals surface area contributed by atoms with Crippen molar-refractivity contribution in [2.45, 2.75) is 64.0 Å².